The van der Waals surface area contributed by atoms with Gasteiger partial charge < -0.3 is 10.0 Å². The van der Waals surface area contributed by atoms with Gasteiger partial charge in [0.1, 0.15) is 5.82 Å². The first-order chi connectivity index (χ1) is 11.0. The van der Waals surface area contributed by atoms with E-state index in [1.54, 1.807) is 6.07 Å². The molecule has 1 amide bonds. The Morgan fingerprint density at radius 3 is 2.61 bits per heavy atom. The highest BCUT2D eigenvalue weighted by Gasteiger charge is 2.35. The van der Waals surface area contributed by atoms with E-state index in [2.05, 4.69) is 4.90 Å². The highest BCUT2D eigenvalue weighted by Crippen LogP contribution is 2.28. The van der Waals surface area contributed by atoms with Crippen molar-refractivity contribution in [1.29, 1.82) is 0 Å². The highest BCUT2D eigenvalue weighted by molar-refractivity contribution is 6.31. The fraction of sp³-hybridized carbons (Fsp3) is 0.588. The zero-order chi connectivity index (χ0) is 16.4. The summed E-state index contributed by atoms with van der Waals surface area (Å²) in [7, 11) is 0. The van der Waals surface area contributed by atoms with Gasteiger partial charge in [0.05, 0.1) is 12.0 Å². The third-order valence-corrected chi connectivity index (χ3v) is 5.24. The van der Waals surface area contributed by atoms with Crippen molar-refractivity contribution >= 4 is 17.5 Å². The van der Waals surface area contributed by atoms with E-state index in [-0.39, 0.29) is 17.6 Å². The molecule has 23 heavy (non-hydrogen) atoms. The van der Waals surface area contributed by atoms with E-state index in [1.807, 2.05) is 4.90 Å². The molecule has 1 heterocycles. The minimum absolute atomic E-state index is 0.0921. The van der Waals surface area contributed by atoms with Crippen LogP contribution < -0.4 is 0 Å². The van der Waals surface area contributed by atoms with Crippen LogP contribution in [0, 0.1) is 11.7 Å². The number of nitrogens with zero attached hydrogens (tertiary/aromatic N) is 2. The number of halogens is 2. The first-order valence-corrected chi connectivity index (χ1v) is 8.55. The standard InChI is InChI=1S/C17H22ClFN2O2/c18-15-10-13(19)5-4-12(15)11-20-6-8-21(9-7-20)17(23)14-2-1-3-16(14)22/h4-5,10,14,16,22H,1-3,6-9,11H2. The molecule has 1 saturated carbocycles. The summed E-state index contributed by atoms with van der Waals surface area (Å²) >= 11 is 6.07. The number of hydrogen-bond acceptors (Lipinski definition) is 3. The SMILES string of the molecule is O=C(C1CCCC1O)N1CCN(Cc2ccc(F)cc2Cl)CC1. The average molecular weight is 341 g/mol. The van der Waals surface area contributed by atoms with Gasteiger partial charge in [0.25, 0.3) is 0 Å². The van der Waals surface area contributed by atoms with Crippen LogP contribution in [-0.2, 0) is 11.3 Å². The van der Waals surface area contributed by atoms with Gasteiger partial charge in [-0.05, 0) is 37.0 Å². The largest absolute Gasteiger partial charge is 0.392 e. The van der Waals surface area contributed by atoms with Crippen LogP contribution >= 0.6 is 11.6 Å². The van der Waals surface area contributed by atoms with Crippen molar-refractivity contribution in [2.45, 2.75) is 31.9 Å². The predicted octanol–water partition coefficient (Wildman–Crippen LogP) is 2.28. The maximum atomic E-state index is 13.1. The zero-order valence-electron chi connectivity index (χ0n) is 13.0. The molecule has 0 bridgehead atoms. The number of hydrogen-bond donors (Lipinski definition) is 1. The van der Waals surface area contributed by atoms with Crippen molar-refractivity contribution < 1.29 is 14.3 Å². The van der Waals surface area contributed by atoms with Gasteiger partial charge in [-0.2, -0.15) is 0 Å². The van der Waals surface area contributed by atoms with Crippen molar-refractivity contribution in [2.75, 3.05) is 26.2 Å². The van der Waals surface area contributed by atoms with Gasteiger partial charge >= 0.3 is 0 Å². The van der Waals surface area contributed by atoms with Gasteiger partial charge in [-0.1, -0.05) is 17.7 Å². The third kappa shape index (κ3) is 3.84. The predicted molar refractivity (Wildman–Crippen MR) is 86.6 cm³/mol. The molecular formula is C17H22ClFN2O2. The van der Waals surface area contributed by atoms with E-state index in [0.717, 1.165) is 37.9 Å². The molecule has 1 aliphatic carbocycles. The Bertz CT molecular complexity index is 576. The topological polar surface area (TPSA) is 43.8 Å². The second-order valence-electron chi connectivity index (χ2n) is 6.44. The summed E-state index contributed by atoms with van der Waals surface area (Å²) in [6.45, 7) is 3.53. The van der Waals surface area contributed by atoms with E-state index in [0.29, 0.717) is 24.7 Å². The summed E-state index contributed by atoms with van der Waals surface area (Å²) in [5.74, 6) is -0.452. The molecule has 4 nitrogen and oxygen atoms in total. The third-order valence-electron chi connectivity index (χ3n) is 4.89. The minimum Gasteiger partial charge on any atom is -0.392 e. The minimum atomic E-state index is -0.474. The zero-order valence-corrected chi connectivity index (χ0v) is 13.8. The average Bonchev–Trinajstić information content (AvgIpc) is 2.96. The summed E-state index contributed by atoms with van der Waals surface area (Å²) in [4.78, 5) is 16.5. The molecule has 2 atom stereocenters. The summed E-state index contributed by atoms with van der Waals surface area (Å²) in [6.07, 6.45) is 1.99. The van der Waals surface area contributed by atoms with Crippen molar-refractivity contribution in [2.24, 2.45) is 5.92 Å². The van der Waals surface area contributed by atoms with Crippen molar-refractivity contribution in [1.82, 2.24) is 9.80 Å². The Morgan fingerprint density at radius 1 is 1.26 bits per heavy atom. The summed E-state index contributed by atoms with van der Waals surface area (Å²) in [6, 6.07) is 4.46. The second-order valence-corrected chi connectivity index (χ2v) is 6.85. The van der Waals surface area contributed by atoms with Crippen LogP contribution in [0.4, 0.5) is 4.39 Å². The van der Waals surface area contributed by atoms with Crippen molar-refractivity contribution in [3.8, 4) is 0 Å². The van der Waals surface area contributed by atoms with Crippen LogP contribution in [0.15, 0.2) is 18.2 Å². The van der Waals surface area contributed by atoms with Gasteiger partial charge in [-0.3, -0.25) is 9.69 Å². The Labute approximate surface area is 140 Å². The number of carbonyl (C=O) groups excluding carboxylic acids is 1. The number of carbonyl (C=O) groups is 1. The highest BCUT2D eigenvalue weighted by atomic mass is 35.5. The normalized spacial score (nSPS) is 25.8. The molecule has 126 valence electrons. The molecule has 0 spiro atoms. The second kappa shape index (κ2) is 7.16. The maximum Gasteiger partial charge on any atom is 0.228 e. The molecule has 1 saturated heterocycles. The van der Waals surface area contributed by atoms with Gasteiger partial charge in [0.15, 0.2) is 0 Å². The molecule has 3 rings (SSSR count). The van der Waals surface area contributed by atoms with Gasteiger partial charge in [-0.15, -0.1) is 0 Å². The molecule has 1 N–H and O–H groups in total. The van der Waals surface area contributed by atoms with E-state index in [9.17, 15) is 14.3 Å². The summed E-state index contributed by atoms with van der Waals surface area (Å²) < 4.78 is 13.1. The Kier molecular flexibility index (Phi) is 5.19. The lowest BCUT2D eigenvalue weighted by Gasteiger charge is -2.36. The lowest BCUT2D eigenvalue weighted by atomic mass is 10.0. The fourth-order valence-corrected chi connectivity index (χ4v) is 3.71. The van der Waals surface area contributed by atoms with Crippen LogP contribution in [0.5, 0.6) is 0 Å². The molecule has 1 aliphatic heterocycles. The van der Waals surface area contributed by atoms with Crippen LogP contribution in [0.2, 0.25) is 5.02 Å². The molecule has 0 radical (unpaired) electrons. The van der Waals surface area contributed by atoms with Crippen molar-refractivity contribution in [3.63, 3.8) is 0 Å². The molecular weight excluding hydrogens is 319 g/mol. The molecule has 6 heteroatoms. The quantitative estimate of drug-likeness (QED) is 0.918. The maximum absolute atomic E-state index is 13.1. The van der Waals surface area contributed by atoms with E-state index >= 15 is 0 Å². The molecule has 2 unspecified atom stereocenters. The Balaban J connectivity index is 1.53. The van der Waals surface area contributed by atoms with E-state index in [1.165, 1.54) is 12.1 Å². The fourth-order valence-electron chi connectivity index (χ4n) is 3.48. The first-order valence-electron chi connectivity index (χ1n) is 8.18. The summed E-state index contributed by atoms with van der Waals surface area (Å²) in [5, 5.41) is 10.3. The smallest absolute Gasteiger partial charge is 0.228 e. The number of piperazine rings is 1. The van der Waals surface area contributed by atoms with Gasteiger partial charge in [0.2, 0.25) is 5.91 Å². The first kappa shape index (κ1) is 16.7. The van der Waals surface area contributed by atoms with E-state index in [4.69, 9.17) is 11.6 Å². The number of aliphatic hydroxyl groups is 1. The summed E-state index contributed by atoms with van der Waals surface area (Å²) in [5.41, 5.74) is 0.902. The van der Waals surface area contributed by atoms with Crippen LogP contribution in [0.25, 0.3) is 0 Å². The lowest BCUT2D eigenvalue weighted by molar-refractivity contribution is -0.140. The molecule has 2 aliphatic rings. The monoisotopic (exact) mass is 340 g/mol. The van der Waals surface area contributed by atoms with E-state index < -0.39 is 6.10 Å². The van der Waals surface area contributed by atoms with Gasteiger partial charge in [-0.25, -0.2) is 4.39 Å². The number of aliphatic hydroxyl groups excluding tert-OH is 1. The Morgan fingerprint density at radius 2 is 2.00 bits per heavy atom. The lowest BCUT2D eigenvalue weighted by Crippen LogP contribution is -2.50. The molecule has 2 fully saturated rings. The molecule has 1 aromatic rings. The number of benzene rings is 1. The van der Waals surface area contributed by atoms with Crippen LogP contribution in [-0.4, -0.2) is 53.1 Å². The molecule has 1 aromatic carbocycles. The number of amides is 1. The molecule has 0 aromatic heterocycles. The van der Waals surface area contributed by atoms with Crippen molar-refractivity contribution in [3.05, 3.63) is 34.6 Å². The van der Waals surface area contributed by atoms with Crippen LogP contribution in [0.1, 0.15) is 24.8 Å². The number of rotatable bonds is 3. The van der Waals surface area contributed by atoms with Gasteiger partial charge in [0, 0.05) is 37.7 Å². The Hall–Kier alpha value is -1.17. The van der Waals surface area contributed by atoms with Crippen LogP contribution in [0.3, 0.4) is 0 Å².